The summed E-state index contributed by atoms with van der Waals surface area (Å²) in [5, 5.41) is 5.64. The third-order valence-electron chi connectivity index (χ3n) is 4.29. The zero-order valence-corrected chi connectivity index (χ0v) is 14.1. The summed E-state index contributed by atoms with van der Waals surface area (Å²) in [6.07, 6.45) is 1.03. The Balaban J connectivity index is 1.73. The minimum atomic E-state index is -0.467. The predicted octanol–water partition coefficient (Wildman–Crippen LogP) is 3.21. The standard InChI is InChI=1S/C19H19FN2O3/c1-11(12-4-7-17(25-2)15(20)10-12)21-19(24)14-3-6-16-13(9-14)5-8-18(23)22-16/h3-4,6-7,9-11H,5,8H2,1-2H3,(H,21,24)(H,22,23). The van der Waals surface area contributed by atoms with Gasteiger partial charge in [-0.2, -0.15) is 0 Å². The Bertz CT molecular complexity index is 835. The summed E-state index contributed by atoms with van der Waals surface area (Å²) in [6, 6.07) is 9.44. The summed E-state index contributed by atoms with van der Waals surface area (Å²) in [7, 11) is 1.40. The van der Waals surface area contributed by atoms with Crippen molar-refractivity contribution in [1.82, 2.24) is 5.32 Å². The molecule has 1 unspecified atom stereocenters. The highest BCUT2D eigenvalue weighted by Gasteiger charge is 2.18. The summed E-state index contributed by atoms with van der Waals surface area (Å²) < 4.78 is 18.7. The second-order valence-electron chi connectivity index (χ2n) is 6.01. The number of benzene rings is 2. The average molecular weight is 342 g/mol. The average Bonchev–Trinajstić information content (AvgIpc) is 2.61. The Hall–Kier alpha value is -2.89. The van der Waals surface area contributed by atoms with Crippen LogP contribution in [0.25, 0.3) is 0 Å². The summed E-state index contributed by atoms with van der Waals surface area (Å²) in [4.78, 5) is 23.9. The molecule has 0 fully saturated rings. The normalized spacial score (nSPS) is 14.3. The van der Waals surface area contributed by atoms with Gasteiger partial charge < -0.3 is 15.4 Å². The van der Waals surface area contributed by atoms with Gasteiger partial charge in [-0.3, -0.25) is 9.59 Å². The van der Waals surface area contributed by atoms with Crippen LogP contribution in [-0.2, 0) is 11.2 Å². The summed E-state index contributed by atoms with van der Waals surface area (Å²) in [6.45, 7) is 1.79. The van der Waals surface area contributed by atoms with E-state index in [1.807, 2.05) is 0 Å². The Kier molecular flexibility index (Phi) is 4.70. The fourth-order valence-corrected chi connectivity index (χ4v) is 2.84. The van der Waals surface area contributed by atoms with E-state index in [9.17, 15) is 14.0 Å². The van der Waals surface area contributed by atoms with Crippen molar-refractivity contribution in [2.75, 3.05) is 12.4 Å². The number of carbonyl (C=O) groups excluding carboxylic acids is 2. The van der Waals surface area contributed by atoms with E-state index in [2.05, 4.69) is 10.6 Å². The lowest BCUT2D eigenvalue weighted by Crippen LogP contribution is -2.27. The topological polar surface area (TPSA) is 67.4 Å². The van der Waals surface area contributed by atoms with E-state index in [1.165, 1.54) is 19.2 Å². The number of aryl methyl sites for hydroxylation is 1. The first kappa shape index (κ1) is 17.0. The molecule has 2 aromatic rings. The van der Waals surface area contributed by atoms with Gasteiger partial charge in [-0.1, -0.05) is 6.07 Å². The van der Waals surface area contributed by atoms with Crippen molar-refractivity contribution < 1.29 is 18.7 Å². The summed E-state index contributed by atoms with van der Waals surface area (Å²) >= 11 is 0. The van der Waals surface area contributed by atoms with Gasteiger partial charge in [-0.15, -0.1) is 0 Å². The van der Waals surface area contributed by atoms with E-state index >= 15 is 0 Å². The highest BCUT2D eigenvalue weighted by atomic mass is 19.1. The van der Waals surface area contributed by atoms with Crippen LogP contribution in [0.4, 0.5) is 10.1 Å². The number of carbonyl (C=O) groups is 2. The Morgan fingerprint density at radius 2 is 2.04 bits per heavy atom. The lowest BCUT2D eigenvalue weighted by Gasteiger charge is -2.19. The summed E-state index contributed by atoms with van der Waals surface area (Å²) in [5.74, 6) is -0.562. The smallest absolute Gasteiger partial charge is 0.251 e. The van der Waals surface area contributed by atoms with Gasteiger partial charge in [0, 0.05) is 17.7 Å². The maximum absolute atomic E-state index is 13.8. The van der Waals surface area contributed by atoms with Crippen molar-refractivity contribution in [2.24, 2.45) is 0 Å². The minimum Gasteiger partial charge on any atom is -0.494 e. The molecule has 1 heterocycles. The quantitative estimate of drug-likeness (QED) is 0.896. The first-order valence-electron chi connectivity index (χ1n) is 8.05. The zero-order chi connectivity index (χ0) is 18.0. The Morgan fingerprint density at radius 1 is 1.24 bits per heavy atom. The molecular formula is C19H19FN2O3. The van der Waals surface area contributed by atoms with Gasteiger partial charge in [0.05, 0.1) is 13.2 Å². The van der Waals surface area contributed by atoms with Crippen LogP contribution < -0.4 is 15.4 Å². The molecule has 1 atom stereocenters. The molecule has 0 saturated heterocycles. The fraction of sp³-hybridized carbons (Fsp3) is 0.263. The van der Waals surface area contributed by atoms with Crippen LogP contribution in [-0.4, -0.2) is 18.9 Å². The maximum atomic E-state index is 13.8. The van der Waals surface area contributed by atoms with E-state index in [-0.39, 0.29) is 23.6 Å². The van der Waals surface area contributed by atoms with Crippen LogP contribution in [0.2, 0.25) is 0 Å². The number of nitrogens with one attached hydrogen (secondary N) is 2. The van der Waals surface area contributed by atoms with E-state index < -0.39 is 5.82 Å². The van der Waals surface area contributed by atoms with Crippen LogP contribution in [0.15, 0.2) is 36.4 Å². The SMILES string of the molecule is COc1ccc(C(C)NC(=O)c2ccc3c(c2)CCC(=O)N3)cc1F. The number of ether oxygens (including phenoxy) is 1. The van der Waals surface area contributed by atoms with Gasteiger partial charge in [0.25, 0.3) is 5.91 Å². The number of amides is 2. The highest BCUT2D eigenvalue weighted by Crippen LogP contribution is 2.25. The second-order valence-corrected chi connectivity index (χ2v) is 6.01. The molecule has 0 saturated carbocycles. The van der Waals surface area contributed by atoms with E-state index in [4.69, 9.17) is 4.74 Å². The molecule has 2 N–H and O–H groups in total. The van der Waals surface area contributed by atoms with Crippen molar-refractivity contribution in [3.63, 3.8) is 0 Å². The van der Waals surface area contributed by atoms with Crippen LogP contribution in [0, 0.1) is 5.82 Å². The van der Waals surface area contributed by atoms with Crippen molar-refractivity contribution in [3.8, 4) is 5.75 Å². The first-order valence-corrected chi connectivity index (χ1v) is 8.05. The van der Waals surface area contributed by atoms with E-state index in [0.717, 1.165) is 11.3 Å². The monoisotopic (exact) mass is 342 g/mol. The van der Waals surface area contributed by atoms with E-state index in [0.29, 0.717) is 24.0 Å². The van der Waals surface area contributed by atoms with Crippen molar-refractivity contribution in [1.29, 1.82) is 0 Å². The molecule has 1 aliphatic rings. The Labute approximate surface area is 145 Å². The number of anilines is 1. The molecule has 2 amide bonds. The number of hydrogen-bond donors (Lipinski definition) is 2. The van der Waals surface area contributed by atoms with Gasteiger partial charge in [-0.05, 0) is 54.8 Å². The lowest BCUT2D eigenvalue weighted by molar-refractivity contribution is -0.116. The van der Waals surface area contributed by atoms with Gasteiger partial charge in [0.15, 0.2) is 11.6 Å². The largest absolute Gasteiger partial charge is 0.494 e. The molecule has 130 valence electrons. The third-order valence-corrected chi connectivity index (χ3v) is 4.29. The molecule has 1 aliphatic heterocycles. The number of hydrogen-bond acceptors (Lipinski definition) is 3. The van der Waals surface area contributed by atoms with Crippen LogP contribution in [0.3, 0.4) is 0 Å². The van der Waals surface area contributed by atoms with Crippen molar-refractivity contribution in [2.45, 2.75) is 25.8 Å². The summed E-state index contributed by atoms with van der Waals surface area (Å²) in [5.41, 5.74) is 2.85. The molecule has 0 spiro atoms. The highest BCUT2D eigenvalue weighted by molar-refractivity contribution is 5.98. The zero-order valence-electron chi connectivity index (χ0n) is 14.1. The molecule has 25 heavy (non-hydrogen) atoms. The molecule has 3 rings (SSSR count). The van der Waals surface area contributed by atoms with Gasteiger partial charge >= 0.3 is 0 Å². The molecule has 0 radical (unpaired) electrons. The number of rotatable bonds is 4. The number of fused-ring (bicyclic) bond motifs is 1. The Morgan fingerprint density at radius 3 is 2.76 bits per heavy atom. The van der Waals surface area contributed by atoms with Crippen molar-refractivity contribution >= 4 is 17.5 Å². The third kappa shape index (κ3) is 3.63. The molecule has 6 heteroatoms. The molecular weight excluding hydrogens is 323 g/mol. The maximum Gasteiger partial charge on any atom is 0.251 e. The molecule has 0 aliphatic carbocycles. The minimum absolute atomic E-state index is 0.0140. The van der Waals surface area contributed by atoms with Crippen LogP contribution in [0.1, 0.15) is 40.9 Å². The van der Waals surface area contributed by atoms with Gasteiger partial charge in [0.2, 0.25) is 5.91 Å². The number of methoxy groups -OCH3 is 1. The fourth-order valence-electron chi connectivity index (χ4n) is 2.84. The van der Waals surface area contributed by atoms with Gasteiger partial charge in [-0.25, -0.2) is 4.39 Å². The van der Waals surface area contributed by atoms with Crippen LogP contribution >= 0.6 is 0 Å². The first-order chi connectivity index (χ1) is 12.0. The predicted molar refractivity (Wildman–Crippen MR) is 92.2 cm³/mol. The van der Waals surface area contributed by atoms with Crippen molar-refractivity contribution in [3.05, 3.63) is 58.9 Å². The molecule has 2 aromatic carbocycles. The van der Waals surface area contributed by atoms with Crippen LogP contribution in [0.5, 0.6) is 5.75 Å². The second kappa shape index (κ2) is 6.93. The molecule has 0 aromatic heterocycles. The van der Waals surface area contributed by atoms with E-state index in [1.54, 1.807) is 31.2 Å². The molecule has 5 nitrogen and oxygen atoms in total. The lowest BCUT2D eigenvalue weighted by atomic mass is 10.00. The number of halogens is 1. The van der Waals surface area contributed by atoms with Gasteiger partial charge in [0.1, 0.15) is 0 Å². The molecule has 0 bridgehead atoms.